The second-order valence-electron chi connectivity index (χ2n) is 9.55. The van der Waals surface area contributed by atoms with Crippen molar-refractivity contribution in [3.8, 4) is 11.5 Å². The number of hydrogen-bond donors (Lipinski definition) is 0. The second kappa shape index (κ2) is 12.9. The Morgan fingerprint density at radius 2 is 1.47 bits per heavy atom. The Kier molecular flexibility index (Phi) is 9.33. The van der Waals surface area contributed by atoms with Crippen molar-refractivity contribution in [2.24, 2.45) is 0 Å². The first-order chi connectivity index (χ1) is 15.9. The normalized spacial score (nSPS) is 18.3. The number of nitrogens with zero attached hydrogens (tertiary/aromatic N) is 1. The molecule has 1 unspecified atom stereocenters. The minimum atomic E-state index is 0.152. The van der Waals surface area contributed by atoms with E-state index < -0.39 is 0 Å². The second-order valence-corrected chi connectivity index (χ2v) is 9.55. The van der Waals surface area contributed by atoms with Gasteiger partial charge in [0.15, 0.2) is 0 Å². The molecule has 4 rings (SSSR count). The van der Waals surface area contributed by atoms with Gasteiger partial charge in [0, 0.05) is 0 Å². The molecule has 0 aliphatic carbocycles. The zero-order valence-electron chi connectivity index (χ0n) is 19.8. The third-order valence-electron chi connectivity index (χ3n) is 7.01. The molecule has 3 heteroatoms. The highest BCUT2D eigenvalue weighted by Crippen LogP contribution is 2.35. The summed E-state index contributed by atoms with van der Waals surface area (Å²) in [6, 6.07) is 16.9. The number of para-hydroxylation sites is 1. The predicted octanol–water partition coefficient (Wildman–Crippen LogP) is 7.35. The van der Waals surface area contributed by atoms with Crippen molar-refractivity contribution in [2.75, 3.05) is 26.2 Å². The van der Waals surface area contributed by atoms with Crippen molar-refractivity contribution in [3.05, 3.63) is 59.7 Å². The zero-order chi connectivity index (χ0) is 21.8. The van der Waals surface area contributed by atoms with Crippen molar-refractivity contribution in [1.82, 2.24) is 4.90 Å². The lowest BCUT2D eigenvalue weighted by molar-refractivity contribution is 0.176. The summed E-state index contributed by atoms with van der Waals surface area (Å²) in [6.45, 7) is 4.84. The minimum absolute atomic E-state index is 0.152. The molecule has 0 saturated carbocycles. The Labute approximate surface area is 195 Å². The van der Waals surface area contributed by atoms with E-state index >= 15 is 0 Å². The molecule has 2 heterocycles. The first-order valence-corrected chi connectivity index (χ1v) is 13.1. The fourth-order valence-electron chi connectivity index (χ4n) is 5.03. The molecular weight excluding hydrogens is 394 g/mol. The highest BCUT2D eigenvalue weighted by atomic mass is 16.5. The summed E-state index contributed by atoms with van der Waals surface area (Å²) in [5, 5.41) is 0. The molecule has 174 valence electrons. The molecule has 1 fully saturated rings. The van der Waals surface area contributed by atoms with E-state index in [1.54, 1.807) is 0 Å². The average Bonchev–Trinajstić information content (AvgIpc) is 3.36. The van der Waals surface area contributed by atoms with Gasteiger partial charge in [-0.25, -0.2) is 0 Å². The third-order valence-corrected chi connectivity index (χ3v) is 7.01. The van der Waals surface area contributed by atoms with Gasteiger partial charge < -0.3 is 14.4 Å². The number of aryl methyl sites for hydroxylation is 1. The lowest BCUT2D eigenvalue weighted by Gasteiger charge is -2.26. The lowest BCUT2D eigenvalue weighted by atomic mass is 9.97. The van der Waals surface area contributed by atoms with Gasteiger partial charge in [0.1, 0.15) is 17.6 Å². The average molecular weight is 436 g/mol. The number of benzene rings is 2. The topological polar surface area (TPSA) is 21.7 Å². The largest absolute Gasteiger partial charge is 0.494 e. The van der Waals surface area contributed by atoms with E-state index in [1.807, 2.05) is 0 Å². The standard InChI is InChI=1S/C29H41NO2/c1(3-5-9-21-30-22-10-11-23-30)2-4-6-12-24-31-27-18-15-26(16-19-27)29-20-17-25-13-7-8-14-28(25)32-29/h7-8,13-16,18-19,29H,1-6,9-12,17,20-24H2. The first kappa shape index (κ1) is 23.2. The highest BCUT2D eigenvalue weighted by Gasteiger charge is 2.20. The number of hydrogen-bond acceptors (Lipinski definition) is 3. The van der Waals surface area contributed by atoms with Crippen LogP contribution >= 0.6 is 0 Å². The summed E-state index contributed by atoms with van der Waals surface area (Å²) in [6.07, 6.45) is 15.9. The number of ether oxygens (including phenoxy) is 2. The summed E-state index contributed by atoms with van der Waals surface area (Å²) >= 11 is 0. The van der Waals surface area contributed by atoms with Crippen LogP contribution in [-0.4, -0.2) is 31.1 Å². The van der Waals surface area contributed by atoms with Crippen molar-refractivity contribution >= 4 is 0 Å². The monoisotopic (exact) mass is 435 g/mol. The van der Waals surface area contributed by atoms with Crippen LogP contribution in [0.25, 0.3) is 0 Å². The van der Waals surface area contributed by atoms with Crippen LogP contribution in [0.1, 0.15) is 87.9 Å². The van der Waals surface area contributed by atoms with Crippen molar-refractivity contribution in [2.45, 2.75) is 83.2 Å². The molecule has 1 saturated heterocycles. The van der Waals surface area contributed by atoms with Crippen molar-refractivity contribution in [3.63, 3.8) is 0 Å². The molecule has 0 bridgehead atoms. The molecule has 0 N–H and O–H groups in total. The van der Waals surface area contributed by atoms with Gasteiger partial charge in [-0.05, 0) is 87.5 Å². The molecule has 2 aliphatic rings. The van der Waals surface area contributed by atoms with Gasteiger partial charge in [-0.3, -0.25) is 0 Å². The summed E-state index contributed by atoms with van der Waals surface area (Å²) < 4.78 is 12.2. The predicted molar refractivity (Wildman–Crippen MR) is 133 cm³/mol. The Bertz CT molecular complexity index is 782. The maximum absolute atomic E-state index is 6.20. The summed E-state index contributed by atoms with van der Waals surface area (Å²) in [7, 11) is 0. The number of rotatable bonds is 13. The van der Waals surface area contributed by atoms with Gasteiger partial charge in [0.05, 0.1) is 6.61 Å². The molecule has 32 heavy (non-hydrogen) atoms. The summed E-state index contributed by atoms with van der Waals surface area (Å²) in [4.78, 5) is 2.64. The van der Waals surface area contributed by atoms with Gasteiger partial charge in [-0.15, -0.1) is 0 Å². The van der Waals surface area contributed by atoms with Gasteiger partial charge in [-0.1, -0.05) is 68.9 Å². The molecule has 0 radical (unpaired) electrons. The SMILES string of the molecule is c1ccc2c(c1)CCC(c1ccc(OCCCCCCCCCCN3CCCC3)cc1)O2. The molecule has 3 nitrogen and oxygen atoms in total. The van der Waals surface area contributed by atoms with E-state index in [9.17, 15) is 0 Å². The molecule has 2 aromatic rings. The third kappa shape index (κ3) is 7.27. The fourth-order valence-corrected chi connectivity index (χ4v) is 5.03. The van der Waals surface area contributed by atoms with Gasteiger partial charge in [0.2, 0.25) is 0 Å². The Balaban J connectivity index is 1.02. The lowest BCUT2D eigenvalue weighted by Crippen LogP contribution is -2.20. The molecule has 0 aromatic heterocycles. The van der Waals surface area contributed by atoms with Crippen LogP contribution in [0.4, 0.5) is 0 Å². The molecular formula is C29H41NO2. The zero-order valence-corrected chi connectivity index (χ0v) is 19.8. The van der Waals surface area contributed by atoms with E-state index in [1.165, 1.54) is 88.5 Å². The van der Waals surface area contributed by atoms with Crippen LogP contribution in [0.15, 0.2) is 48.5 Å². The summed E-state index contributed by atoms with van der Waals surface area (Å²) in [5.74, 6) is 2.01. The van der Waals surface area contributed by atoms with Crippen molar-refractivity contribution in [1.29, 1.82) is 0 Å². The highest BCUT2D eigenvalue weighted by molar-refractivity contribution is 5.37. The molecule has 1 atom stereocenters. The van der Waals surface area contributed by atoms with Gasteiger partial charge >= 0.3 is 0 Å². The Morgan fingerprint density at radius 3 is 2.25 bits per heavy atom. The van der Waals surface area contributed by atoms with Crippen molar-refractivity contribution < 1.29 is 9.47 Å². The van der Waals surface area contributed by atoms with Crippen LogP contribution in [0, 0.1) is 0 Å². The Hall–Kier alpha value is -2.00. The van der Waals surface area contributed by atoms with E-state index in [0.29, 0.717) is 0 Å². The van der Waals surface area contributed by atoms with Crippen LogP contribution in [0.2, 0.25) is 0 Å². The van der Waals surface area contributed by atoms with E-state index in [4.69, 9.17) is 9.47 Å². The van der Waals surface area contributed by atoms with Crippen LogP contribution in [0.3, 0.4) is 0 Å². The molecule has 2 aliphatic heterocycles. The first-order valence-electron chi connectivity index (χ1n) is 13.1. The summed E-state index contributed by atoms with van der Waals surface area (Å²) in [5.41, 5.74) is 2.56. The maximum atomic E-state index is 6.20. The molecule has 0 amide bonds. The van der Waals surface area contributed by atoms with E-state index in [0.717, 1.165) is 37.4 Å². The fraction of sp³-hybridized carbons (Fsp3) is 0.586. The van der Waals surface area contributed by atoms with Crippen LogP contribution in [0.5, 0.6) is 11.5 Å². The van der Waals surface area contributed by atoms with E-state index in [-0.39, 0.29) is 6.10 Å². The number of unbranched alkanes of at least 4 members (excludes halogenated alkanes) is 7. The molecule has 0 spiro atoms. The van der Waals surface area contributed by atoms with Gasteiger partial charge in [0.25, 0.3) is 0 Å². The molecule has 2 aromatic carbocycles. The smallest absolute Gasteiger partial charge is 0.124 e. The Morgan fingerprint density at radius 1 is 0.781 bits per heavy atom. The minimum Gasteiger partial charge on any atom is -0.494 e. The van der Waals surface area contributed by atoms with E-state index in [2.05, 4.69) is 53.4 Å². The van der Waals surface area contributed by atoms with Crippen LogP contribution in [-0.2, 0) is 6.42 Å². The van der Waals surface area contributed by atoms with Gasteiger partial charge in [-0.2, -0.15) is 0 Å². The van der Waals surface area contributed by atoms with Crippen LogP contribution < -0.4 is 9.47 Å². The number of likely N-dealkylation sites (tertiary alicyclic amines) is 1. The maximum Gasteiger partial charge on any atom is 0.124 e. The number of fused-ring (bicyclic) bond motifs is 1. The quantitative estimate of drug-likeness (QED) is 0.307.